The van der Waals surface area contributed by atoms with Crippen LogP contribution in [0, 0.1) is 0 Å². The second kappa shape index (κ2) is 5.99. The number of likely N-dealkylation sites (tertiary alicyclic amines) is 1. The third-order valence-electron chi connectivity index (χ3n) is 3.96. The average Bonchev–Trinajstić information content (AvgIpc) is 2.32. The molecule has 0 bridgehead atoms. The van der Waals surface area contributed by atoms with Gasteiger partial charge in [-0.15, -0.1) is 0 Å². The summed E-state index contributed by atoms with van der Waals surface area (Å²) < 4.78 is 11.6. The standard InChI is InChI=1S/C13H25NO2/c1-14-8-6-11(7-9-14)16-13-5-3-4-12(10-13)15-2/h11-13H,3-10H2,1-2H3/t12-,13-/m0/s1. The monoisotopic (exact) mass is 227 g/mol. The smallest absolute Gasteiger partial charge is 0.0603 e. The van der Waals surface area contributed by atoms with Crippen molar-refractivity contribution in [1.82, 2.24) is 4.90 Å². The SMILES string of the molecule is CO[C@H]1CCC[C@H](OC2CCN(C)CC2)C1. The number of ether oxygens (including phenoxy) is 2. The molecule has 1 aliphatic carbocycles. The zero-order valence-electron chi connectivity index (χ0n) is 10.7. The van der Waals surface area contributed by atoms with E-state index in [2.05, 4.69) is 11.9 Å². The highest BCUT2D eigenvalue weighted by Crippen LogP contribution is 2.26. The molecule has 1 saturated carbocycles. The van der Waals surface area contributed by atoms with Crippen LogP contribution >= 0.6 is 0 Å². The van der Waals surface area contributed by atoms with Crippen LogP contribution in [0.15, 0.2) is 0 Å². The van der Waals surface area contributed by atoms with Crippen molar-refractivity contribution in [2.45, 2.75) is 56.8 Å². The Kier molecular flexibility index (Phi) is 4.62. The molecule has 1 heterocycles. The van der Waals surface area contributed by atoms with Crippen molar-refractivity contribution in [2.75, 3.05) is 27.2 Å². The van der Waals surface area contributed by atoms with E-state index >= 15 is 0 Å². The van der Waals surface area contributed by atoms with Gasteiger partial charge in [0.2, 0.25) is 0 Å². The fourth-order valence-corrected chi connectivity index (χ4v) is 2.83. The minimum absolute atomic E-state index is 0.435. The summed E-state index contributed by atoms with van der Waals surface area (Å²) in [5.74, 6) is 0. The molecule has 0 aromatic rings. The second-order valence-corrected chi connectivity index (χ2v) is 5.29. The summed E-state index contributed by atoms with van der Waals surface area (Å²) in [7, 11) is 4.01. The molecule has 94 valence electrons. The Balaban J connectivity index is 1.72. The lowest BCUT2D eigenvalue weighted by Gasteiger charge is -2.35. The highest BCUT2D eigenvalue weighted by molar-refractivity contribution is 4.77. The van der Waals surface area contributed by atoms with E-state index in [0.717, 1.165) is 6.42 Å². The van der Waals surface area contributed by atoms with Crippen molar-refractivity contribution >= 4 is 0 Å². The number of hydrogen-bond acceptors (Lipinski definition) is 3. The van der Waals surface area contributed by atoms with Gasteiger partial charge >= 0.3 is 0 Å². The minimum atomic E-state index is 0.435. The van der Waals surface area contributed by atoms with Gasteiger partial charge < -0.3 is 14.4 Å². The van der Waals surface area contributed by atoms with Crippen molar-refractivity contribution in [3.05, 3.63) is 0 Å². The minimum Gasteiger partial charge on any atom is -0.381 e. The molecule has 1 saturated heterocycles. The van der Waals surface area contributed by atoms with Gasteiger partial charge in [0.05, 0.1) is 18.3 Å². The molecule has 0 unspecified atom stereocenters. The summed E-state index contributed by atoms with van der Waals surface area (Å²) in [6, 6.07) is 0. The van der Waals surface area contributed by atoms with Gasteiger partial charge in [-0.2, -0.15) is 0 Å². The molecule has 0 radical (unpaired) electrons. The third kappa shape index (κ3) is 3.44. The first-order valence-corrected chi connectivity index (χ1v) is 6.64. The van der Waals surface area contributed by atoms with E-state index < -0.39 is 0 Å². The third-order valence-corrected chi connectivity index (χ3v) is 3.96. The van der Waals surface area contributed by atoms with E-state index in [1.165, 1.54) is 45.2 Å². The molecular formula is C13H25NO2. The maximum Gasteiger partial charge on any atom is 0.0603 e. The molecule has 2 atom stereocenters. The van der Waals surface area contributed by atoms with Crippen LogP contribution in [0.2, 0.25) is 0 Å². The number of piperidine rings is 1. The number of rotatable bonds is 3. The Morgan fingerprint density at radius 1 is 0.938 bits per heavy atom. The van der Waals surface area contributed by atoms with E-state index in [9.17, 15) is 0 Å². The molecule has 3 nitrogen and oxygen atoms in total. The Bertz CT molecular complexity index is 202. The average molecular weight is 227 g/mol. The van der Waals surface area contributed by atoms with Crippen LogP contribution in [0.1, 0.15) is 38.5 Å². The summed E-state index contributed by atoms with van der Waals surface area (Å²) in [4.78, 5) is 2.39. The molecule has 0 aromatic carbocycles. The van der Waals surface area contributed by atoms with E-state index in [0.29, 0.717) is 18.3 Å². The van der Waals surface area contributed by atoms with Gasteiger partial charge in [-0.1, -0.05) is 0 Å². The van der Waals surface area contributed by atoms with Crippen LogP contribution in [0.4, 0.5) is 0 Å². The first kappa shape index (κ1) is 12.3. The molecule has 0 spiro atoms. The lowest BCUT2D eigenvalue weighted by Crippen LogP contribution is -2.38. The highest BCUT2D eigenvalue weighted by Gasteiger charge is 2.26. The van der Waals surface area contributed by atoms with Crippen molar-refractivity contribution in [3.63, 3.8) is 0 Å². The summed E-state index contributed by atoms with van der Waals surface area (Å²) in [5, 5.41) is 0. The van der Waals surface area contributed by atoms with Crippen LogP contribution in [-0.4, -0.2) is 50.5 Å². The summed E-state index contributed by atoms with van der Waals surface area (Å²) >= 11 is 0. The topological polar surface area (TPSA) is 21.7 Å². The van der Waals surface area contributed by atoms with Gasteiger partial charge in [0.25, 0.3) is 0 Å². The predicted octanol–water partition coefficient (Wildman–Crippen LogP) is 2.05. The first-order chi connectivity index (χ1) is 7.78. The van der Waals surface area contributed by atoms with Crippen LogP contribution < -0.4 is 0 Å². The Morgan fingerprint density at radius 3 is 2.31 bits per heavy atom. The Hall–Kier alpha value is -0.120. The van der Waals surface area contributed by atoms with Gasteiger partial charge in [0, 0.05) is 20.2 Å². The van der Waals surface area contributed by atoms with Gasteiger partial charge in [-0.05, 0) is 45.6 Å². The quantitative estimate of drug-likeness (QED) is 0.736. The first-order valence-electron chi connectivity index (χ1n) is 6.64. The van der Waals surface area contributed by atoms with Crippen LogP contribution in [0.5, 0.6) is 0 Å². The van der Waals surface area contributed by atoms with Crippen LogP contribution in [0.3, 0.4) is 0 Å². The highest BCUT2D eigenvalue weighted by atomic mass is 16.5. The molecule has 2 aliphatic rings. The fraction of sp³-hybridized carbons (Fsp3) is 1.00. The van der Waals surface area contributed by atoms with Gasteiger partial charge in [-0.25, -0.2) is 0 Å². The Labute approximate surface area is 99.1 Å². The zero-order valence-corrected chi connectivity index (χ0v) is 10.7. The largest absolute Gasteiger partial charge is 0.381 e. The predicted molar refractivity (Wildman–Crippen MR) is 64.7 cm³/mol. The summed E-state index contributed by atoms with van der Waals surface area (Å²) in [6.45, 7) is 2.37. The molecule has 2 fully saturated rings. The van der Waals surface area contributed by atoms with Crippen molar-refractivity contribution in [1.29, 1.82) is 0 Å². The summed E-state index contributed by atoms with van der Waals surface area (Å²) in [6.07, 6.45) is 8.58. The van der Waals surface area contributed by atoms with Crippen LogP contribution in [-0.2, 0) is 9.47 Å². The lowest BCUT2D eigenvalue weighted by molar-refractivity contribution is -0.0800. The van der Waals surface area contributed by atoms with Crippen molar-refractivity contribution in [2.24, 2.45) is 0 Å². The van der Waals surface area contributed by atoms with Gasteiger partial charge in [-0.3, -0.25) is 0 Å². The molecule has 1 aliphatic heterocycles. The summed E-state index contributed by atoms with van der Waals surface area (Å²) in [5.41, 5.74) is 0. The lowest BCUT2D eigenvalue weighted by atomic mass is 9.94. The molecule has 0 N–H and O–H groups in total. The number of methoxy groups -OCH3 is 1. The molecule has 0 amide bonds. The molecule has 2 rings (SSSR count). The molecular weight excluding hydrogens is 202 g/mol. The second-order valence-electron chi connectivity index (χ2n) is 5.29. The maximum atomic E-state index is 6.21. The van der Waals surface area contributed by atoms with E-state index in [1.807, 2.05) is 7.11 Å². The van der Waals surface area contributed by atoms with Crippen molar-refractivity contribution < 1.29 is 9.47 Å². The van der Waals surface area contributed by atoms with E-state index in [4.69, 9.17) is 9.47 Å². The van der Waals surface area contributed by atoms with Crippen LogP contribution in [0.25, 0.3) is 0 Å². The van der Waals surface area contributed by atoms with E-state index in [-0.39, 0.29) is 0 Å². The van der Waals surface area contributed by atoms with Gasteiger partial charge in [0.15, 0.2) is 0 Å². The molecule has 16 heavy (non-hydrogen) atoms. The number of nitrogens with zero attached hydrogens (tertiary/aromatic N) is 1. The number of hydrogen-bond donors (Lipinski definition) is 0. The van der Waals surface area contributed by atoms with Crippen molar-refractivity contribution in [3.8, 4) is 0 Å². The maximum absolute atomic E-state index is 6.21. The zero-order chi connectivity index (χ0) is 11.4. The van der Waals surface area contributed by atoms with Gasteiger partial charge in [0.1, 0.15) is 0 Å². The van der Waals surface area contributed by atoms with E-state index in [1.54, 1.807) is 0 Å². The Morgan fingerprint density at radius 2 is 1.62 bits per heavy atom. The fourth-order valence-electron chi connectivity index (χ4n) is 2.83. The normalized spacial score (nSPS) is 34.1. The molecule has 3 heteroatoms. The molecule has 0 aromatic heterocycles.